The molecule has 0 unspecified atom stereocenters. The Balaban J connectivity index is 1.78. The van der Waals surface area contributed by atoms with Crippen LogP contribution in [-0.2, 0) is 9.47 Å². The fourth-order valence-corrected chi connectivity index (χ4v) is 4.74. The summed E-state index contributed by atoms with van der Waals surface area (Å²) in [6.07, 6.45) is -2.10. The Morgan fingerprint density at radius 2 is 1.29 bits per heavy atom. The van der Waals surface area contributed by atoms with Gasteiger partial charge >= 0.3 is 0 Å². The van der Waals surface area contributed by atoms with Gasteiger partial charge in [0.1, 0.15) is 11.7 Å². The molecule has 2 aliphatic rings. The van der Waals surface area contributed by atoms with Crippen molar-refractivity contribution < 1.29 is 43.4 Å². The lowest BCUT2D eigenvalue weighted by Gasteiger charge is -2.27. The van der Waals surface area contributed by atoms with Crippen LogP contribution in [-0.4, -0.2) is 62.2 Å². The van der Waals surface area contributed by atoms with Crippen LogP contribution in [0.4, 0.5) is 11.4 Å². The van der Waals surface area contributed by atoms with Gasteiger partial charge in [-0.05, 0) is 12.1 Å². The first-order valence-corrected chi connectivity index (χ1v) is 10.5. The second-order valence-corrected chi connectivity index (χ2v) is 8.09. The Morgan fingerprint density at radius 3 is 1.77 bits per heavy atom. The van der Waals surface area contributed by atoms with Crippen molar-refractivity contribution in [3.63, 3.8) is 0 Å². The number of fused-ring (bicyclic) bond motifs is 1. The number of nitro groups is 2. The van der Waals surface area contributed by atoms with Crippen LogP contribution in [0.25, 0.3) is 0 Å². The molecule has 2 aliphatic heterocycles. The van der Waals surface area contributed by atoms with Gasteiger partial charge in [-0.3, -0.25) is 20.2 Å². The number of aliphatic hydroxyl groups is 1. The zero-order chi connectivity index (χ0) is 25.5. The van der Waals surface area contributed by atoms with Gasteiger partial charge in [-0.15, -0.1) is 0 Å². The van der Waals surface area contributed by atoms with Crippen LogP contribution in [0.3, 0.4) is 0 Å². The Bertz CT molecular complexity index is 1170. The van der Waals surface area contributed by atoms with Crippen LogP contribution < -0.4 is 18.9 Å². The normalized spacial score (nSPS) is 25.1. The van der Waals surface area contributed by atoms with Crippen LogP contribution in [0.15, 0.2) is 24.3 Å². The Hall–Kier alpha value is -3.68. The third kappa shape index (κ3) is 3.87. The molecule has 2 fully saturated rings. The van der Waals surface area contributed by atoms with Crippen molar-refractivity contribution in [2.45, 2.75) is 17.8 Å². The molecule has 2 aromatic carbocycles. The van der Waals surface area contributed by atoms with Crippen molar-refractivity contribution in [3.8, 4) is 23.0 Å². The smallest absolute Gasteiger partial charge is 0.279 e. The quantitative estimate of drug-likeness (QED) is 0.426. The lowest BCUT2D eigenvalue weighted by atomic mass is 9.80. The molecule has 0 spiro atoms. The molecule has 0 amide bonds. The highest BCUT2D eigenvalue weighted by Crippen LogP contribution is 2.56. The number of nitro benzene ring substituents is 2. The van der Waals surface area contributed by atoms with E-state index >= 15 is 0 Å². The lowest BCUT2D eigenvalue weighted by molar-refractivity contribution is -0.386. The van der Waals surface area contributed by atoms with E-state index in [9.17, 15) is 25.3 Å². The Labute approximate surface area is 199 Å². The van der Waals surface area contributed by atoms with Gasteiger partial charge in [0.25, 0.3) is 11.4 Å². The third-order valence-electron chi connectivity index (χ3n) is 6.45. The van der Waals surface area contributed by atoms with Gasteiger partial charge in [0.05, 0.1) is 80.9 Å². The number of hydrogen-bond acceptors (Lipinski definition) is 11. The van der Waals surface area contributed by atoms with E-state index in [1.165, 1.54) is 52.7 Å². The number of methoxy groups -OCH3 is 4. The fourth-order valence-electron chi connectivity index (χ4n) is 4.74. The highest BCUT2D eigenvalue weighted by Gasteiger charge is 2.61. The van der Waals surface area contributed by atoms with Gasteiger partial charge in [-0.2, -0.15) is 0 Å². The molecular formula is C22H24N2O11. The number of ether oxygens (including phenoxy) is 6. The molecule has 0 radical (unpaired) electrons. The molecule has 0 aromatic heterocycles. The van der Waals surface area contributed by atoms with E-state index in [-0.39, 0.29) is 58.7 Å². The minimum absolute atomic E-state index is 0.0666. The molecule has 13 nitrogen and oxygen atoms in total. The summed E-state index contributed by atoms with van der Waals surface area (Å²) in [5.74, 6) is 0.00794. The maximum atomic E-state index is 11.8. The summed E-state index contributed by atoms with van der Waals surface area (Å²) < 4.78 is 32.6. The summed E-state index contributed by atoms with van der Waals surface area (Å²) in [5, 5.41) is 35.3. The van der Waals surface area contributed by atoms with Gasteiger partial charge in [0.2, 0.25) is 0 Å². The minimum atomic E-state index is -1.71. The molecule has 4 rings (SSSR count). The first-order valence-electron chi connectivity index (χ1n) is 10.5. The summed E-state index contributed by atoms with van der Waals surface area (Å²) in [5.41, 5.74) is -2.08. The van der Waals surface area contributed by atoms with Crippen molar-refractivity contribution in [1.82, 2.24) is 0 Å². The van der Waals surface area contributed by atoms with E-state index < -0.39 is 33.6 Å². The van der Waals surface area contributed by atoms with Gasteiger partial charge in [-0.25, -0.2) is 0 Å². The highest BCUT2D eigenvalue weighted by molar-refractivity contribution is 5.57. The van der Waals surface area contributed by atoms with Crippen molar-refractivity contribution in [2.24, 2.45) is 5.92 Å². The Kier molecular flexibility index (Phi) is 6.40. The number of rotatable bonds is 8. The average molecular weight is 492 g/mol. The van der Waals surface area contributed by atoms with Crippen molar-refractivity contribution in [3.05, 3.63) is 55.6 Å². The standard InChI is InChI=1S/C22H24N2O11/c1-30-16-5-11(14(23(26)27)7-18(16)32-3)20-13-9-34-21(22(13,25)10-35-20)12-6-17(31-2)19(33-4)8-15(12)24(28)29/h5-8,13,20-21,25H,9-10H2,1-4H3/t13-,20-,21+,22-/m0/s1. The summed E-state index contributed by atoms with van der Waals surface area (Å²) in [6, 6.07) is 5.23. The summed E-state index contributed by atoms with van der Waals surface area (Å²) >= 11 is 0. The highest BCUT2D eigenvalue weighted by atomic mass is 16.6. The second-order valence-electron chi connectivity index (χ2n) is 8.09. The van der Waals surface area contributed by atoms with E-state index in [0.717, 1.165) is 0 Å². The predicted molar refractivity (Wildman–Crippen MR) is 118 cm³/mol. The summed E-state index contributed by atoms with van der Waals surface area (Å²) in [6.45, 7) is -0.340. The van der Waals surface area contributed by atoms with E-state index in [4.69, 9.17) is 28.4 Å². The van der Waals surface area contributed by atoms with Crippen molar-refractivity contribution in [1.29, 1.82) is 0 Å². The SMILES string of the molecule is COc1cc([C@H]2OC[C@H]3[C@H](c4cc(OC)c(OC)cc4[N+](=O)[O-])OC[C@@]23O)c([N+](=O)[O-])cc1OC. The number of hydrogen-bond donors (Lipinski definition) is 1. The van der Waals surface area contributed by atoms with E-state index in [2.05, 4.69) is 0 Å². The zero-order valence-corrected chi connectivity index (χ0v) is 19.4. The van der Waals surface area contributed by atoms with Gasteiger partial charge < -0.3 is 33.5 Å². The first kappa shape index (κ1) is 24.4. The van der Waals surface area contributed by atoms with Crippen LogP contribution in [0.2, 0.25) is 0 Å². The van der Waals surface area contributed by atoms with Crippen molar-refractivity contribution >= 4 is 11.4 Å². The Morgan fingerprint density at radius 1 is 0.829 bits per heavy atom. The molecular weight excluding hydrogens is 468 g/mol. The van der Waals surface area contributed by atoms with Crippen LogP contribution in [0, 0.1) is 26.1 Å². The molecule has 35 heavy (non-hydrogen) atoms. The van der Waals surface area contributed by atoms with Crippen LogP contribution in [0.1, 0.15) is 23.3 Å². The van der Waals surface area contributed by atoms with E-state index in [1.54, 1.807) is 0 Å². The monoisotopic (exact) mass is 492 g/mol. The molecule has 0 bridgehead atoms. The largest absolute Gasteiger partial charge is 0.493 e. The molecule has 188 valence electrons. The second kappa shape index (κ2) is 9.17. The molecule has 1 N–H and O–H groups in total. The molecule has 13 heteroatoms. The summed E-state index contributed by atoms with van der Waals surface area (Å²) in [4.78, 5) is 22.4. The van der Waals surface area contributed by atoms with Gasteiger partial charge in [0.15, 0.2) is 23.0 Å². The van der Waals surface area contributed by atoms with E-state index in [0.29, 0.717) is 0 Å². The predicted octanol–water partition coefficient (Wildman–Crippen LogP) is 2.73. The van der Waals surface area contributed by atoms with Crippen LogP contribution >= 0.6 is 0 Å². The van der Waals surface area contributed by atoms with E-state index in [1.807, 2.05) is 0 Å². The average Bonchev–Trinajstić information content (AvgIpc) is 3.36. The van der Waals surface area contributed by atoms with Crippen molar-refractivity contribution in [2.75, 3.05) is 41.7 Å². The molecule has 4 atom stereocenters. The maximum absolute atomic E-state index is 11.8. The topological polar surface area (TPSA) is 162 Å². The molecule has 0 saturated carbocycles. The third-order valence-corrected chi connectivity index (χ3v) is 6.45. The maximum Gasteiger partial charge on any atom is 0.279 e. The minimum Gasteiger partial charge on any atom is -0.493 e. The first-order chi connectivity index (χ1) is 16.7. The number of nitrogens with zero attached hydrogens (tertiary/aromatic N) is 2. The molecule has 2 heterocycles. The van der Waals surface area contributed by atoms with Gasteiger partial charge in [0, 0.05) is 5.92 Å². The summed E-state index contributed by atoms with van der Waals surface area (Å²) in [7, 11) is 5.48. The fraction of sp³-hybridized carbons (Fsp3) is 0.455. The molecule has 0 aliphatic carbocycles. The van der Waals surface area contributed by atoms with Crippen LogP contribution in [0.5, 0.6) is 23.0 Å². The molecule has 2 saturated heterocycles. The number of benzene rings is 2. The lowest BCUT2D eigenvalue weighted by Crippen LogP contribution is -2.39. The zero-order valence-electron chi connectivity index (χ0n) is 19.4. The molecule has 2 aromatic rings. The van der Waals surface area contributed by atoms with Gasteiger partial charge in [-0.1, -0.05) is 0 Å².